The summed E-state index contributed by atoms with van der Waals surface area (Å²) < 4.78 is 61.8. The van der Waals surface area contributed by atoms with Crippen LogP contribution in [-0.2, 0) is 110 Å². The van der Waals surface area contributed by atoms with Crippen molar-refractivity contribution in [2.24, 2.45) is 17.8 Å². The van der Waals surface area contributed by atoms with Gasteiger partial charge in [-0.2, -0.15) is 0 Å². The molecule has 2 aliphatic rings. The van der Waals surface area contributed by atoms with Gasteiger partial charge in [-0.05, 0) is 241 Å². The zero-order valence-corrected chi connectivity index (χ0v) is 79.2. The quantitative estimate of drug-likeness (QED) is 0.00904. The Hall–Kier alpha value is -11.8. The topological polar surface area (TPSA) is 367 Å². The molecular weight excluding hydrogens is 1690 g/mol. The number of carbonyl (C=O) groups is 10. The van der Waals surface area contributed by atoms with Gasteiger partial charge in [0.2, 0.25) is 11.8 Å². The van der Waals surface area contributed by atoms with E-state index in [-0.39, 0.29) is 160 Å². The Labute approximate surface area is 777 Å². The number of esters is 3. The third-order valence-corrected chi connectivity index (χ3v) is 20.2. The Morgan fingerprint density at radius 3 is 1.21 bits per heavy atom. The summed E-state index contributed by atoms with van der Waals surface area (Å²) in [5, 5.41) is 22.3. The molecule has 132 heavy (non-hydrogen) atoms. The number of urea groups is 1. The van der Waals surface area contributed by atoms with Crippen LogP contribution in [0.1, 0.15) is 188 Å². The molecule has 4 N–H and O–H groups in total. The first-order chi connectivity index (χ1) is 62.8. The first kappa shape index (κ1) is 107. The molecule has 29 nitrogen and oxygen atoms in total. The number of amides is 4. The minimum atomic E-state index is -1.05. The molecule has 716 valence electrons. The van der Waals surface area contributed by atoms with Gasteiger partial charge in [0, 0.05) is 63.0 Å². The molecule has 0 saturated carbocycles. The molecule has 7 aromatic rings. The fraction of sp³-hybridized carbons (Fsp3) is 0.495. The van der Waals surface area contributed by atoms with Crippen molar-refractivity contribution in [3.8, 4) is 28.7 Å². The molecule has 29 heteroatoms. The number of nitrogens with one attached hydrogen (secondary N) is 4. The number of benzene rings is 7. The number of non-ortho nitro benzene ring substituents is 1. The number of nitro groups is 1. The molecule has 6 atom stereocenters. The molecule has 0 aromatic heterocycles. The van der Waals surface area contributed by atoms with Crippen LogP contribution in [0.5, 0.6) is 28.7 Å². The van der Waals surface area contributed by atoms with Crippen LogP contribution >= 0.6 is 0 Å². The lowest BCUT2D eigenvalue weighted by Crippen LogP contribution is -2.53. The molecule has 2 saturated heterocycles. The van der Waals surface area contributed by atoms with Crippen LogP contribution in [0.3, 0.4) is 0 Å². The third-order valence-electron chi connectivity index (χ3n) is 20.2. The molecule has 0 spiro atoms. The summed E-state index contributed by atoms with van der Waals surface area (Å²) in [5.74, 6) is -2.54. The maximum atomic E-state index is 13.9. The Balaban J connectivity index is 0.000000288. The van der Waals surface area contributed by atoms with Crippen LogP contribution in [0.2, 0.25) is 0 Å². The van der Waals surface area contributed by atoms with E-state index in [0.29, 0.717) is 69.5 Å². The second-order valence-electron chi connectivity index (χ2n) is 36.6. The van der Waals surface area contributed by atoms with Crippen LogP contribution in [0.4, 0.5) is 10.5 Å². The van der Waals surface area contributed by atoms with Crippen molar-refractivity contribution in [3.05, 3.63) is 225 Å². The van der Waals surface area contributed by atoms with Crippen LogP contribution in [0.15, 0.2) is 182 Å². The Morgan fingerprint density at radius 1 is 0.432 bits per heavy atom. The molecule has 9 rings (SSSR count). The minimum absolute atomic E-state index is 0.0273. The van der Waals surface area contributed by atoms with Crippen molar-refractivity contribution in [3.63, 3.8) is 0 Å². The van der Waals surface area contributed by atoms with Gasteiger partial charge in [-0.3, -0.25) is 48.5 Å². The lowest BCUT2D eigenvalue weighted by molar-refractivity contribution is -0.384. The number of ether oxygens (including phenoxy) is 11. The highest BCUT2D eigenvalue weighted by atomic mass is 16.6. The van der Waals surface area contributed by atoms with E-state index in [0.717, 1.165) is 71.4 Å². The molecule has 2 aliphatic heterocycles. The number of nitrogens with zero attached hydrogens (tertiary/aromatic N) is 2. The number of likely N-dealkylation sites (tertiary alicyclic amines) is 1. The summed E-state index contributed by atoms with van der Waals surface area (Å²) in [6.45, 7) is 30.8. The summed E-state index contributed by atoms with van der Waals surface area (Å²) >= 11 is 0. The highest BCUT2D eigenvalue weighted by Gasteiger charge is 2.38. The molecule has 0 bridgehead atoms. The van der Waals surface area contributed by atoms with Gasteiger partial charge in [-0.25, -0.2) is 9.59 Å². The number of carbonyl (C=O) groups excluding carboxylic acids is 10. The smallest absolute Gasteiger partial charge is 0.329 e. The monoisotopic (exact) mass is 1820 g/mol. The van der Waals surface area contributed by atoms with Crippen LogP contribution in [-0.4, -0.2) is 188 Å². The van der Waals surface area contributed by atoms with Crippen LogP contribution in [0, 0.1) is 27.9 Å². The first-order valence-corrected chi connectivity index (χ1v) is 45.5. The van der Waals surface area contributed by atoms with Gasteiger partial charge < -0.3 is 78.3 Å². The van der Waals surface area contributed by atoms with E-state index >= 15 is 0 Å². The molecular formula is C103H136N6O23. The highest BCUT2D eigenvalue weighted by molar-refractivity contribution is 5.95. The number of hydrogen-bond donors (Lipinski definition) is 4. The number of rotatable bonds is 49. The van der Waals surface area contributed by atoms with Gasteiger partial charge in [-0.15, -0.1) is 0 Å². The number of nitro benzene ring substituents is 1. The van der Waals surface area contributed by atoms with E-state index in [1.807, 2.05) is 255 Å². The maximum Gasteiger partial charge on any atom is 0.329 e. The Morgan fingerprint density at radius 2 is 0.818 bits per heavy atom. The molecule has 4 amide bonds. The zero-order chi connectivity index (χ0) is 96.2. The van der Waals surface area contributed by atoms with E-state index in [1.54, 1.807) is 0 Å². The fourth-order valence-corrected chi connectivity index (χ4v) is 14.1. The predicted octanol–water partition coefficient (Wildman–Crippen LogP) is 15.3. The average molecular weight is 1830 g/mol. The van der Waals surface area contributed by atoms with Crippen LogP contribution < -0.4 is 45.0 Å². The summed E-state index contributed by atoms with van der Waals surface area (Å²) in [5.41, 5.74) is 3.44. The fourth-order valence-electron chi connectivity index (χ4n) is 14.1. The lowest BCUT2D eigenvalue weighted by Gasteiger charge is -2.27. The number of hydrogen-bond acceptors (Lipinski definition) is 24. The summed E-state index contributed by atoms with van der Waals surface area (Å²) in [6, 6.07) is 50.6. The molecule has 0 radical (unpaired) electrons. The molecule has 2 unspecified atom stereocenters. The summed E-state index contributed by atoms with van der Waals surface area (Å²) in [4.78, 5) is 143. The highest BCUT2D eigenvalue weighted by Crippen LogP contribution is 2.29. The summed E-state index contributed by atoms with van der Waals surface area (Å²) in [7, 11) is 0. The van der Waals surface area contributed by atoms with E-state index in [9.17, 15) is 58.1 Å². The van der Waals surface area contributed by atoms with E-state index in [2.05, 4.69) is 21.3 Å². The van der Waals surface area contributed by atoms with Gasteiger partial charge in [0.1, 0.15) is 83.6 Å². The molecule has 2 heterocycles. The Kier molecular flexibility index (Phi) is 44.6. The van der Waals surface area contributed by atoms with Gasteiger partial charge in [0.15, 0.2) is 23.1 Å². The average Bonchev–Trinajstić information content (AvgIpc) is 1.65. The largest absolute Gasteiger partial charge is 0.488 e. The zero-order valence-electron chi connectivity index (χ0n) is 79.2. The number of Topliss-reactive ketones (excluding diaryl/α,β-unsaturated/α-hetero) is 4. The van der Waals surface area contributed by atoms with E-state index in [1.165, 1.54) is 29.2 Å². The standard InChI is InChI=1S/C48H65N3O10.C28H29NO7.C27H42N2O6/c1-8-25-57-26-27-58-33-38(52)30-37(28-34-16-20-39(21-17-34)60-47(2,3)4)44(54)49-31-43(53)42-15-12-24-51(42)46(56)50-41(45(55)59-32-36-13-10-9-11-14-36)29-35-18-22-40(23-19-35)61-48(5,6)7;1-28(2,3)36-25-13-9-20(10-14-25)17-22(27(31)34-19-21-7-5-4-6-8-21)18-26(30)35-24-15-11-23(12-16-24)29(32)33;1-5-13-33-14-15-34-19-22(30)17-21(26(32)29-18-25(31)24-7-6-12-28-24)16-20-8-10-23(11-9-20)35-27(2,3)4/h9-11,13-14,16-23,37,41-42H,8,12,15,24-33H2,1-7H3,(H,49,54)(H,50,56);4-16,22H,17-19H2,1-3H3;8-11,21,24,28H,5-7,12-19H2,1-4H3,(H,29,32)/t37-,41+,42?;22-;21-,24?/m111/s1. The first-order valence-electron chi connectivity index (χ1n) is 45.5. The Bertz CT molecular complexity index is 4730. The van der Waals surface area contributed by atoms with Gasteiger partial charge >= 0.3 is 23.9 Å². The normalized spacial score (nSPS) is 14.6. The van der Waals surface area contributed by atoms with Crippen molar-refractivity contribution < 1.29 is 105 Å². The SMILES string of the molecule is CC(C)(C)Oc1ccc(C[C@H](CC(=O)Oc2ccc([N+](=O)[O-])cc2)C(=O)OCc2ccccc2)cc1.CCCOCCOCC(=O)C[C@@H](Cc1ccc(OC(C)(C)C)cc1)C(=O)NCC(=O)C1CCCN1.CCCOCCOCC(=O)C[C@@H](Cc1ccc(OC(C)(C)C)cc1)C(=O)NCC(=O)C1CCCN1C(=O)N[C@@H](Cc1ccc(OC(C)(C)C)cc1)C(=O)OCc1ccccc1. The van der Waals surface area contributed by atoms with Crippen molar-refractivity contribution in [2.45, 2.75) is 234 Å². The minimum Gasteiger partial charge on any atom is -0.488 e. The molecule has 0 aliphatic carbocycles. The predicted molar refractivity (Wildman–Crippen MR) is 501 cm³/mol. The number of ketones is 4. The van der Waals surface area contributed by atoms with Crippen molar-refractivity contribution in [1.82, 2.24) is 26.2 Å². The van der Waals surface area contributed by atoms with Gasteiger partial charge in [0.25, 0.3) is 5.69 Å². The van der Waals surface area contributed by atoms with Crippen LogP contribution in [0.25, 0.3) is 0 Å². The lowest BCUT2D eigenvalue weighted by atomic mass is 9.93. The maximum absolute atomic E-state index is 13.9. The molecule has 2 fully saturated rings. The summed E-state index contributed by atoms with van der Waals surface area (Å²) in [6.07, 6.45) is 5.26. The molecule has 7 aromatic carbocycles. The van der Waals surface area contributed by atoms with Gasteiger partial charge in [0.05, 0.1) is 68.9 Å². The van der Waals surface area contributed by atoms with Crippen molar-refractivity contribution in [1.29, 1.82) is 0 Å². The van der Waals surface area contributed by atoms with Crippen molar-refractivity contribution >= 4 is 64.6 Å². The van der Waals surface area contributed by atoms with E-state index in [4.69, 9.17) is 52.1 Å². The van der Waals surface area contributed by atoms with Gasteiger partial charge in [-0.1, -0.05) is 123 Å². The van der Waals surface area contributed by atoms with Crippen molar-refractivity contribution in [2.75, 3.05) is 79.0 Å². The van der Waals surface area contributed by atoms with E-state index < -0.39 is 64.6 Å². The second kappa shape index (κ2) is 54.9. The second-order valence-corrected chi connectivity index (χ2v) is 36.6. The third kappa shape index (κ3) is 42.6.